The van der Waals surface area contributed by atoms with Crippen LogP contribution in [0.5, 0.6) is 0 Å². The molecule has 0 heterocycles. The Morgan fingerprint density at radius 2 is 2.39 bits per heavy atom. The third kappa shape index (κ3) is 4.19. The quantitative estimate of drug-likeness (QED) is 0.362. The standard InChI is InChI=1S/C10H10BrClN4O2/c11-6-1-2-8(12)7(5-6)9(10(17)18)14-3-4-15-16-13/h1-2,5,9,14H,3-4H2,(H,17,18). The lowest BCUT2D eigenvalue weighted by atomic mass is 10.1. The number of halogens is 2. The maximum absolute atomic E-state index is 11.2. The van der Waals surface area contributed by atoms with E-state index in [9.17, 15) is 4.79 Å². The van der Waals surface area contributed by atoms with Crippen LogP contribution in [0.3, 0.4) is 0 Å². The molecule has 1 rings (SSSR count). The number of carbonyl (C=O) groups is 1. The van der Waals surface area contributed by atoms with Crippen LogP contribution < -0.4 is 5.32 Å². The summed E-state index contributed by atoms with van der Waals surface area (Å²) in [5, 5.41) is 15.6. The van der Waals surface area contributed by atoms with Crippen molar-refractivity contribution in [3.63, 3.8) is 0 Å². The highest BCUT2D eigenvalue weighted by Gasteiger charge is 2.21. The van der Waals surface area contributed by atoms with Crippen molar-refractivity contribution < 1.29 is 9.90 Å². The molecule has 1 unspecified atom stereocenters. The molecule has 96 valence electrons. The van der Waals surface area contributed by atoms with Gasteiger partial charge in [-0.2, -0.15) is 0 Å². The normalized spacial score (nSPS) is 11.7. The molecular formula is C10H10BrClN4O2. The van der Waals surface area contributed by atoms with Gasteiger partial charge in [-0.3, -0.25) is 4.79 Å². The topological polar surface area (TPSA) is 98.1 Å². The van der Waals surface area contributed by atoms with Gasteiger partial charge in [0, 0.05) is 27.5 Å². The number of azide groups is 1. The highest BCUT2D eigenvalue weighted by Crippen LogP contribution is 2.26. The van der Waals surface area contributed by atoms with E-state index in [0.717, 1.165) is 4.47 Å². The predicted molar refractivity (Wildman–Crippen MR) is 71.5 cm³/mol. The van der Waals surface area contributed by atoms with Gasteiger partial charge in [0.15, 0.2) is 0 Å². The Balaban J connectivity index is 2.87. The van der Waals surface area contributed by atoms with Gasteiger partial charge >= 0.3 is 5.97 Å². The molecule has 0 aliphatic heterocycles. The van der Waals surface area contributed by atoms with Gasteiger partial charge in [0.25, 0.3) is 0 Å². The second-order valence-electron chi connectivity index (χ2n) is 3.35. The molecule has 18 heavy (non-hydrogen) atoms. The summed E-state index contributed by atoms with van der Waals surface area (Å²) in [6, 6.07) is 4.04. The van der Waals surface area contributed by atoms with Gasteiger partial charge in [-0.05, 0) is 29.3 Å². The zero-order valence-corrected chi connectivity index (χ0v) is 11.5. The van der Waals surface area contributed by atoms with Crippen LogP contribution in [0.15, 0.2) is 27.8 Å². The van der Waals surface area contributed by atoms with E-state index in [1.165, 1.54) is 0 Å². The minimum atomic E-state index is -1.05. The first-order valence-electron chi connectivity index (χ1n) is 4.98. The zero-order valence-electron chi connectivity index (χ0n) is 9.18. The molecule has 2 N–H and O–H groups in total. The van der Waals surface area contributed by atoms with Crippen LogP contribution in [0.2, 0.25) is 5.02 Å². The summed E-state index contributed by atoms with van der Waals surface area (Å²) < 4.78 is 0.741. The fourth-order valence-electron chi connectivity index (χ4n) is 1.37. The van der Waals surface area contributed by atoms with Gasteiger partial charge in [-0.1, -0.05) is 32.6 Å². The second-order valence-corrected chi connectivity index (χ2v) is 4.67. The lowest BCUT2D eigenvalue weighted by Gasteiger charge is -2.15. The van der Waals surface area contributed by atoms with E-state index in [1.54, 1.807) is 18.2 Å². The molecule has 0 spiro atoms. The van der Waals surface area contributed by atoms with Gasteiger partial charge in [0.05, 0.1) is 0 Å². The fourth-order valence-corrected chi connectivity index (χ4v) is 1.98. The minimum Gasteiger partial charge on any atom is -0.480 e. The number of rotatable bonds is 6. The maximum Gasteiger partial charge on any atom is 0.325 e. The van der Waals surface area contributed by atoms with Gasteiger partial charge < -0.3 is 10.4 Å². The van der Waals surface area contributed by atoms with Gasteiger partial charge in [-0.15, -0.1) is 0 Å². The summed E-state index contributed by atoms with van der Waals surface area (Å²) in [7, 11) is 0. The lowest BCUT2D eigenvalue weighted by Crippen LogP contribution is -2.30. The predicted octanol–water partition coefficient (Wildman–Crippen LogP) is 3.13. The monoisotopic (exact) mass is 332 g/mol. The molecule has 1 aromatic rings. The molecule has 0 fully saturated rings. The molecule has 0 amide bonds. The van der Waals surface area contributed by atoms with E-state index in [2.05, 4.69) is 31.3 Å². The molecule has 0 bridgehead atoms. The summed E-state index contributed by atoms with van der Waals surface area (Å²) in [6.45, 7) is 0.426. The first-order chi connectivity index (χ1) is 8.56. The molecule has 8 heteroatoms. The Morgan fingerprint density at radius 3 is 3.00 bits per heavy atom. The summed E-state index contributed by atoms with van der Waals surface area (Å²) in [6.07, 6.45) is 0. The van der Waals surface area contributed by atoms with Crippen molar-refractivity contribution in [2.75, 3.05) is 13.1 Å². The minimum absolute atomic E-state index is 0.173. The lowest BCUT2D eigenvalue weighted by molar-refractivity contribution is -0.139. The Labute approximate surface area is 117 Å². The molecule has 1 aromatic carbocycles. The highest BCUT2D eigenvalue weighted by molar-refractivity contribution is 9.10. The van der Waals surface area contributed by atoms with Crippen LogP contribution in [0.4, 0.5) is 0 Å². The number of carboxylic acid groups (broad SMARTS) is 1. The SMILES string of the molecule is [N-]=[N+]=NCCNC(C(=O)O)c1cc(Br)ccc1Cl. The van der Waals surface area contributed by atoms with Gasteiger partial charge in [-0.25, -0.2) is 0 Å². The van der Waals surface area contributed by atoms with Crippen molar-refractivity contribution in [3.8, 4) is 0 Å². The molecule has 0 radical (unpaired) electrons. The van der Waals surface area contributed by atoms with E-state index in [4.69, 9.17) is 22.2 Å². The molecule has 0 aliphatic rings. The van der Waals surface area contributed by atoms with E-state index in [0.29, 0.717) is 10.6 Å². The third-order valence-electron chi connectivity index (χ3n) is 2.14. The molecule has 0 saturated heterocycles. The van der Waals surface area contributed by atoms with Crippen molar-refractivity contribution >= 4 is 33.5 Å². The van der Waals surface area contributed by atoms with Crippen molar-refractivity contribution in [2.45, 2.75) is 6.04 Å². The summed E-state index contributed by atoms with van der Waals surface area (Å²) >= 11 is 9.23. The van der Waals surface area contributed by atoms with Crippen molar-refractivity contribution in [3.05, 3.63) is 43.7 Å². The molecule has 0 aliphatic carbocycles. The van der Waals surface area contributed by atoms with Gasteiger partial charge in [0.2, 0.25) is 0 Å². The van der Waals surface area contributed by atoms with Crippen molar-refractivity contribution in [1.82, 2.24) is 5.32 Å². The van der Waals surface area contributed by atoms with E-state index >= 15 is 0 Å². The van der Waals surface area contributed by atoms with Crippen LogP contribution in [0.1, 0.15) is 11.6 Å². The Kier molecular flexibility index (Phi) is 5.94. The van der Waals surface area contributed by atoms with E-state index < -0.39 is 12.0 Å². The number of aliphatic carboxylic acids is 1. The van der Waals surface area contributed by atoms with Crippen LogP contribution in [-0.2, 0) is 4.79 Å². The number of benzene rings is 1. The molecule has 6 nitrogen and oxygen atoms in total. The second kappa shape index (κ2) is 7.23. The largest absolute Gasteiger partial charge is 0.480 e. The Morgan fingerprint density at radius 1 is 1.67 bits per heavy atom. The molecule has 1 atom stereocenters. The first-order valence-corrected chi connectivity index (χ1v) is 6.15. The Hall–Kier alpha value is -1.27. The van der Waals surface area contributed by atoms with Crippen LogP contribution >= 0.6 is 27.5 Å². The van der Waals surface area contributed by atoms with E-state index in [1.807, 2.05) is 0 Å². The first kappa shape index (κ1) is 14.8. The number of carboxylic acids is 1. The third-order valence-corrected chi connectivity index (χ3v) is 2.98. The van der Waals surface area contributed by atoms with E-state index in [-0.39, 0.29) is 13.1 Å². The number of hydrogen-bond donors (Lipinski definition) is 2. The van der Waals surface area contributed by atoms with Crippen molar-refractivity contribution in [2.24, 2.45) is 5.11 Å². The van der Waals surface area contributed by atoms with Crippen LogP contribution in [-0.4, -0.2) is 24.2 Å². The summed E-state index contributed by atoms with van der Waals surface area (Å²) in [4.78, 5) is 13.8. The summed E-state index contributed by atoms with van der Waals surface area (Å²) in [5.41, 5.74) is 8.58. The van der Waals surface area contributed by atoms with Crippen LogP contribution in [0, 0.1) is 0 Å². The average Bonchev–Trinajstić information content (AvgIpc) is 2.32. The summed E-state index contributed by atoms with van der Waals surface area (Å²) in [5.74, 6) is -1.05. The molecule has 0 saturated carbocycles. The maximum atomic E-state index is 11.2. The smallest absolute Gasteiger partial charge is 0.325 e. The average molecular weight is 334 g/mol. The number of nitrogens with zero attached hydrogens (tertiary/aromatic N) is 3. The molecular weight excluding hydrogens is 323 g/mol. The zero-order chi connectivity index (χ0) is 13.5. The van der Waals surface area contributed by atoms with Gasteiger partial charge in [0.1, 0.15) is 6.04 Å². The van der Waals surface area contributed by atoms with Crippen molar-refractivity contribution in [1.29, 1.82) is 0 Å². The number of nitrogens with one attached hydrogen (secondary N) is 1. The highest BCUT2D eigenvalue weighted by atomic mass is 79.9. The van der Waals surface area contributed by atoms with Crippen LogP contribution in [0.25, 0.3) is 10.4 Å². The number of hydrogen-bond acceptors (Lipinski definition) is 3. The fraction of sp³-hybridized carbons (Fsp3) is 0.300. The Bertz CT molecular complexity index is 491. The molecule has 0 aromatic heterocycles.